The van der Waals surface area contributed by atoms with Crippen LogP contribution in [-0.2, 0) is 23.6 Å². The predicted molar refractivity (Wildman–Crippen MR) is 112 cm³/mol. The summed E-state index contributed by atoms with van der Waals surface area (Å²) in [6.07, 6.45) is 5.26. The molecule has 4 aromatic rings. The lowest BCUT2D eigenvalue weighted by molar-refractivity contribution is 0.598. The van der Waals surface area contributed by atoms with Gasteiger partial charge in [0.1, 0.15) is 0 Å². The SMILES string of the molecule is C/C=C\Cn1c(=O)c2c(nc3n(-c4ccc(S(N)(=O)=O)cc4)c(C)cn23)n(C)c1=O. The monoisotopic (exact) mass is 428 g/mol. The van der Waals surface area contributed by atoms with Gasteiger partial charge in [-0.2, -0.15) is 4.98 Å². The molecule has 0 bridgehead atoms. The Morgan fingerprint density at radius 1 is 1.17 bits per heavy atom. The molecule has 30 heavy (non-hydrogen) atoms. The van der Waals surface area contributed by atoms with Crippen LogP contribution < -0.4 is 16.4 Å². The lowest BCUT2D eigenvalue weighted by atomic mass is 10.3. The minimum atomic E-state index is -3.81. The van der Waals surface area contributed by atoms with Crippen molar-refractivity contribution in [2.24, 2.45) is 12.2 Å². The molecule has 156 valence electrons. The van der Waals surface area contributed by atoms with Crippen molar-refractivity contribution in [3.8, 4) is 5.69 Å². The van der Waals surface area contributed by atoms with Gasteiger partial charge in [0.15, 0.2) is 11.2 Å². The van der Waals surface area contributed by atoms with Gasteiger partial charge in [0, 0.05) is 31.2 Å². The summed E-state index contributed by atoms with van der Waals surface area (Å²) in [4.78, 5) is 30.2. The summed E-state index contributed by atoms with van der Waals surface area (Å²) in [5.74, 6) is 0.432. The third-order valence-corrected chi connectivity index (χ3v) is 5.90. The molecule has 0 aliphatic heterocycles. The van der Waals surface area contributed by atoms with E-state index in [0.717, 1.165) is 10.3 Å². The first-order chi connectivity index (χ1) is 14.1. The third kappa shape index (κ3) is 2.90. The summed E-state index contributed by atoms with van der Waals surface area (Å²) in [7, 11) is -2.24. The molecular formula is C19H20N6O4S. The second kappa shape index (κ2) is 6.82. The lowest BCUT2D eigenvalue weighted by Gasteiger charge is -2.07. The maximum atomic E-state index is 13.1. The fourth-order valence-corrected chi connectivity index (χ4v) is 4.00. The molecule has 0 atom stereocenters. The Morgan fingerprint density at radius 2 is 1.83 bits per heavy atom. The highest BCUT2D eigenvalue weighted by atomic mass is 32.2. The van der Waals surface area contributed by atoms with E-state index in [0.29, 0.717) is 17.0 Å². The quantitative estimate of drug-likeness (QED) is 0.478. The summed E-state index contributed by atoms with van der Waals surface area (Å²) in [6.45, 7) is 3.82. The van der Waals surface area contributed by atoms with Crippen LogP contribution in [0.3, 0.4) is 0 Å². The minimum absolute atomic E-state index is 0.00477. The maximum absolute atomic E-state index is 13.1. The number of aromatic nitrogens is 5. The number of allylic oxidation sites excluding steroid dienone is 2. The summed E-state index contributed by atoms with van der Waals surface area (Å²) < 4.78 is 29.0. The second-order valence-electron chi connectivity index (χ2n) is 6.93. The number of rotatable bonds is 4. The van der Waals surface area contributed by atoms with Gasteiger partial charge in [0.2, 0.25) is 15.8 Å². The number of hydrogen-bond donors (Lipinski definition) is 1. The van der Waals surface area contributed by atoms with Crippen molar-refractivity contribution in [3.63, 3.8) is 0 Å². The number of nitrogens with two attached hydrogens (primary N) is 1. The van der Waals surface area contributed by atoms with Gasteiger partial charge >= 0.3 is 5.69 Å². The second-order valence-corrected chi connectivity index (χ2v) is 8.49. The number of nitrogens with zero attached hydrogens (tertiary/aromatic N) is 5. The van der Waals surface area contributed by atoms with Gasteiger partial charge in [-0.3, -0.25) is 22.9 Å². The van der Waals surface area contributed by atoms with E-state index >= 15 is 0 Å². The molecule has 0 amide bonds. The van der Waals surface area contributed by atoms with E-state index in [9.17, 15) is 18.0 Å². The van der Waals surface area contributed by atoms with Crippen molar-refractivity contribution < 1.29 is 8.42 Å². The molecule has 0 saturated carbocycles. The Bertz CT molecular complexity index is 1550. The number of hydrogen-bond acceptors (Lipinski definition) is 5. The Kier molecular flexibility index (Phi) is 4.51. The van der Waals surface area contributed by atoms with E-state index in [1.165, 1.54) is 16.7 Å². The number of sulfonamides is 1. The summed E-state index contributed by atoms with van der Waals surface area (Å²) >= 11 is 0. The maximum Gasteiger partial charge on any atom is 0.332 e. The largest absolute Gasteiger partial charge is 0.332 e. The molecular weight excluding hydrogens is 408 g/mol. The Balaban J connectivity index is 2.03. The number of aryl methyl sites for hydroxylation is 2. The van der Waals surface area contributed by atoms with Crippen LogP contribution >= 0.6 is 0 Å². The zero-order valence-corrected chi connectivity index (χ0v) is 17.4. The molecule has 2 N–H and O–H groups in total. The summed E-state index contributed by atoms with van der Waals surface area (Å²) in [6, 6.07) is 6.02. The molecule has 3 heterocycles. The summed E-state index contributed by atoms with van der Waals surface area (Å²) in [5.41, 5.74) is 1.10. The molecule has 0 unspecified atom stereocenters. The molecule has 1 aromatic carbocycles. The molecule has 0 spiro atoms. The van der Waals surface area contributed by atoms with E-state index < -0.39 is 21.3 Å². The zero-order valence-electron chi connectivity index (χ0n) is 16.6. The van der Waals surface area contributed by atoms with Crippen LogP contribution in [0.25, 0.3) is 22.6 Å². The van der Waals surface area contributed by atoms with Crippen LogP contribution in [-0.4, -0.2) is 31.5 Å². The van der Waals surface area contributed by atoms with Crippen molar-refractivity contribution in [1.29, 1.82) is 0 Å². The van der Waals surface area contributed by atoms with E-state index in [4.69, 9.17) is 5.14 Å². The zero-order chi connectivity index (χ0) is 21.8. The fraction of sp³-hybridized carbons (Fsp3) is 0.211. The van der Waals surface area contributed by atoms with E-state index in [1.807, 2.05) is 13.8 Å². The average molecular weight is 428 g/mol. The number of benzene rings is 1. The van der Waals surface area contributed by atoms with E-state index in [2.05, 4.69) is 4.98 Å². The summed E-state index contributed by atoms with van der Waals surface area (Å²) in [5, 5.41) is 5.17. The molecule has 0 radical (unpaired) electrons. The molecule has 0 saturated heterocycles. The van der Waals surface area contributed by atoms with Crippen molar-refractivity contribution in [2.45, 2.75) is 25.3 Å². The van der Waals surface area contributed by atoms with Crippen molar-refractivity contribution in [2.75, 3.05) is 0 Å². The van der Waals surface area contributed by atoms with Crippen molar-refractivity contribution >= 4 is 27.0 Å². The molecule has 0 aliphatic rings. The molecule has 10 nitrogen and oxygen atoms in total. The first kappa shape index (κ1) is 19.9. The molecule has 0 fully saturated rings. The van der Waals surface area contributed by atoms with Gasteiger partial charge in [-0.15, -0.1) is 0 Å². The average Bonchev–Trinajstić information content (AvgIpc) is 3.20. The number of primary sulfonamides is 1. The molecule has 0 aliphatic carbocycles. The standard InChI is InChI=1S/C19H20N6O4S/c1-4-5-10-23-17(26)15-16(22(3)19(23)27)21-18-24(15)11-12(2)25(18)13-6-8-14(9-7-13)30(20,28)29/h4-9,11H,10H2,1-3H3,(H2,20,28,29)/b5-4-. The first-order valence-electron chi connectivity index (χ1n) is 9.09. The highest BCUT2D eigenvalue weighted by Gasteiger charge is 2.20. The number of fused-ring (bicyclic) bond motifs is 3. The van der Waals surface area contributed by atoms with Crippen LogP contribution in [0.5, 0.6) is 0 Å². The lowest BCUT2D eigenvalue weighted by Crippen LogP contribution is -2.39. The van der Waals surface area contributed by atoms with Crippen LogP contribution in [0.2, 0.25) is 0 Å². The Labute approximate surface area is 171 Å². The van der Waals surface area contributed by atoms with Crippen LogP contribution in [0.1, 0.15) is 12.6 Å². The normalized spacial score (nSPS) is 12.5. The van der Waals surface area contributed by atoms with Gasteiger partial charge < -0.3 is 0 Å². The van der Waals surface area contributed by atoms with Gasteiger partial charge in [0.05, 0.1) is 4.90 Å². The van der Waals surface area contributed by atoms with Gasteiger partial charge in [-0.25, -0.2) is 18.4 Å². The molecule has 11 heteroatoms. The van der Waals surface area contributed by atoms with Gasteiger partial charge in [-0.1, -0.05) is 12.2 Å². The van der Waals surface area contributed by atoms with Gasteiger partial charge in [-0.05, 0) is 38.1 Å². The Morgan fingerprint density at radius 3 is 2.43 bits per heavy atom. The number of imidazole rings is 2. The van der Waals surface area contributed by atoms with Crippen molar-refractivity contribution in [1.82, 2.24) is 23.1 Å². The van der Waals surface area contributed by atoms with Crippen molar-refractivity contribution in [3.05, 3.63) is 69.1 Å². The first-order valence-corrected chi connectivity index (χ1v) is 10.6. The van der Waals surface area contributed by atoms with Crippen LogP contribution in [0.15, 0.2) is 57.1 Å². The molecule has 4 rings (SSSR count). The highest BCUT2D eigenvalue weighted by Crippen LogP contribution is 2.22. The topological polar surface area (TPSA) is 126 Å². The minimum Gasteiger partial charge on any atom is -0.283 e. The highest BCUT2D eigenvalue weighted by molar-refractivity contribution is 7.89. The van der Waals surface area contributed by atoms with Crippen LogP contribution in [0, 0.1) is 6.92 Å². The van der Waals surface area contributed by atoms with E-state index in [-0.39, 0.29) is 17.1 Å². The van der Waals surface area contributed by atoms with Gasteiger partial charge in [0.25, 0.3) is 5.56 Å². The van der Waals surface area contributed by atoms with E-state index in [1.54, 1.807) is 46.5 Å². The third-order valence-electron chi connectivity index (χ3n) is 4.97. The fourth-order valence-electron chi connectivity index (χ4n) is 3.49. The smallest absolute Gasteiger partial charge is 0.283 e. The predicted octanol–water partition coefficient (Wildman–Crippen LogP) is 0.671. The van der Waals surface area contributed by atoms with Crippen LogP contribution in [0.4, 0.5) is 0 Å². The molecule has 3 aromatic heterocycles. The Hall–Kier alpha value is -3.44.